The maximum absolute atomic E-state index is 12.3. The first-order valence-electron chi connectivity index (χ1n) is 7.98. The lowest BCUT2D eigenvalue weighted by Crippen LogP contribution is -2.34. The number of hydrogen-bond donors (Lipinski definition) is 1. The van der Waals surface area contributed by atoms with E-state index in [1.807, 2.05) is 19.1 Å². The lowest BCUT2D eigenvalue weighted by atomic mass is 10.0. The standard InChI is InChI=1S/C20H20N2O2/c1-14(21-20(24)18-9-10-19(23)22(2)13-18)11-15-7-8-16-5-3-4-6-17(16)12-15/h3-10,12-14H,11H2,1-2H3,(H,21,24). The quantitative estimate of drug-likeness (QED) is 0.803. The normalized spacial score (nSPS) is 12.1. The minimum atomic E-state index is -0.168. The smallest absolute Gasteiger partial charge is 0.252 e. The molecule has 2 aromatic carbocycles. The van der Waals surface area contributed by atoms with E-state index >= 15 is 0 Å². The Bertz CT molecular complexity index is 944. The molecule has 4 heteroatoms. The molecule has 0 aliphatic carbocycles. The lowest BCUT2D eigenvalue weighted by Gasteiger charge is -2.15. The number of aryl methyl sites for hydroxylation is 1. The summed E-state index contributed by atoms with van der Waals surface area (Å²) < 4.78 is 1.41. The topological polar surface area (TPSA) is 51.1 Å². The van der Waals surface area contributed by atoms with Gasteiger partial charge in [-0.2, -0.15) is 0 Å². The molecule has 0 saturated heterocycles. The van der Waals surface area contributed by atoms with Crippen molar-refractivity contribution in [3.8, 4) is 0 Å². The van der Waals surface area contributed by atoms with Gasteiger partial charge in [-0.05, 0) is 35.7 Å². The van der Waals surface area contributed by atoms with Crippen LogP contribution in [-0.4, -0.2) is 16.5 Å². The molecule has 3 aromatic rings. The van der Waals surface area contributed by atoms with Crippen LogP contribution in [0.15, 0.2) is 65.6 Å². The molecule has 0 aliphatic rings. The number of nitrogens with zero attached hydrogens (tertiary/aromatic N) is 1. The second-order valence-electron chi connectivity index (χ2n) is 6.13. The number of fused-ring (bicyclic) bond motifs is 1. The van der Waals surface area contributed by atoms with Crippen LogP contribution in [0.3, 0.4) is 0 Å². The van der Waals surface area contributed by atoms with Crippen molar-refractivity contribution < 1.29 is 4.79 Å². The minimum Gasteiger partial charge on any atom is -0.349 e. The fourth-order valence-corrected chi connectivity index (χ4v) is 2.81. The Kier molecular flexibility index (Phi) is 4.47. The van der Waals surface area contributed by atoms with Gasteiger partial charge in [0.25, 0.3) is 5.91 Å². The maximum atomic E-state index is 12.3. The van der Waals surface area contributed by atoms with E-state index < -0.39 is 0 Å². The largest absolute Gasteiger partial charge is 0.349 e. The Morgan fingerprint density at radius 3 is 2.58 bits per heavy atom. The molecule has 1 atom stereocenters. The van der Waals surface area contributed by atoms with Gasteiger partial charge in [0.15, 0.2) is 0 Å². The van der Waals surface area contributed by atoms with Crippen molar-refractivity contribution in [1.29, 1.82) is 0 Å². The molecule has 1 aromatic heterocycles. The van der Waals surface area contributed by atoms with Crippen molar-refractivity contribution in [1.82, 2.24) is 9.88 Å². The zero-order valence-corrected chi connectivity index (χ0v) is 13.8. The molecule has 0 radical (unpaired) electrons. The SMILES string of the molecule is CC(Cc1ccc2ccccc2c1)NC(=O)c1ccc(=O)n(C)c1. The second kappa shape index (κ2) is 6.71. The summed E-state index contributed by atoms with van der Waals surface area (Å²) >= 11 is 0. The van der Waals surface area contributed by atoms with Crippen LogP contribution < -0.4 is 10.9 Å². The summed E-state index contributed by atoms with van der Waals surface area (Å²) in [7, 11) is 1.64. The number of nitrogens with one attached hydrogen (secondary N) is 1. The van der Waals surface area contributed by atoms with Crippen LogP contribution in [0, 0.1) is 0 Å². The highest BCUT2D eigenvalue weighted by Crippen LogP contribution is 2.16. The molecular formula is C20H20N2O2. The number of aromatic nitrogens is 1. The predicted octanol–water partition coefficient (Wildman–Crippen LogP) is 2.90. The van der Waals surface area contributed by atoms with Crippen molar-refractivity contribution in [2.45, 2.75) is 19.4 Å². The molecule has 4 nitrogen and oxygen atoms in total. The number of hydrogen-bond acceptors (Lipinski definition) is 2. The third-order valence-electron chi connectivity index (χ3n) is 4.08. The van der Waals surface area contributed by atoms with Crippen LogP contribution in [-0.2, 0) is 13.5 Å². The van der Waals surface area contributed by atoms with Gasteiger partial charge in [0.2, 0.25) is 5.56 Å². The summed E-state index contributed by atoms with van der Waals surface area (Å²) in [4.78, 5) is 23.7. The van der Waals surface area contributed by atoms with E-state index in [0.717, 1.165) is 6.42 Å². The third-order valence-corrected chi connectivity index (χ3v) is 4.08. The monoisotopic (exact) mass is 320 g/mol. The van der Waals surface area contributed by atoms with Gasteiger partial charge in [-0.1, -0.05) is 42.5 Å². The highest BCUT2D eigenvalue weighted by Gasteiger charge is 2.11. The molecule has 0 aliphatic heterocycles. The summed E-state index contributed by atoms with van der Waals surface area (Å²) in [5.74, 6) is -0.168. The molecule has 24 heavy (non-hydrogen) atoms. The first-order valence-corrected chi connectivity index (χ1v) is 7.98. The number of amides is 1. The van der Waals surface area contributed by atoms with E-state index in [4.69, 9.17) is 0 Å². The molecule has 0 fully saturated rings. The molecule has 0 saturated carbocycles. The molecule has 0 bridgehead atoms. The maximum Gasteiger partial charge on any atom is 0.252 e. The van der Waals surface area contributed by atoms with Gasteiger partial charge in [0.1, 0.15) is 0 Å². The van der Waals surface area contributed by atoms with Crippen molar-refractivity contribution in [3.05, 3.63) is 82.3 Å². The van der Waals surface area contributed by atoms with Crippen molar-refractivity contribution in [2.24, 2.45) is 7.05 Å². The molecule has 1 amide bonds. The molecule has 3 rings (SSSR count). The van der Waals surface area contributed by atoms with Crippen LogP contribution in [0.25, 0.3) is 10.8 Å². The third kappa shape index (κ3) is 3.54. The number of carbonyl (C=O) groups excluding carboxylic acids is 1. The summed E-state index contributed by atoms with van der Waals surface area (Å²) in [5.41, 5.74) is 1.54. The Morgan fingerprint density at radius 2 is 1.83 bits per heavy atom. The Labute approximate surface area is 140 Å². The number of rotatable bonds is 4. The molecule has 1 N–H and O–H groups in total. The average molecular weight is 320 g/mol. The van der Waals surface area contributed by atoms with Gasteiger partial charge >= 0.3 is 0 Å². The fourth-order valence-electron chi connectivity index (χ4n) is 2.81. The molecular weight excluding hydrogens is 300 g/mol. The van der Waals surface area contributed by atoms with E-state index in [1.54, 1.807) is 19.3 Å². The van der Waals surface area contributed by atoms with Gasteiger partial charge in [-0.25, -0.2) is 0 Å². The van der Waals surface area contributed by atoms with E-state index in [9.17, 15) is 9.59 Å². The van der Waals surface area contributed by atoms with Gasteiger partial charge in [0.05, 0.1) is 5.56 Å². The van der Waals surface area contributed by atoms with Crippen molar-refractivity contribution in [3.63, 3.8) is 0 Å². The van der Waals surface area contributed by atoms with Crippen LogP contribution in [0.1, 0.15) is 22.8 Å². The molecule has 1 heterocycles. The highest BCUT2D eigenvalue weighted by atomic mass is 16.2. The first-order chi connectivity index (χ1) is 11.5. The summed E-state index contributed by atoms with van der Waals surface area (Å²) in [5, 5.41) is 5.40. The highest BCUT2D eigenvalue weighted by molar-refractivity contribution is 5.94. The zero-order chi connectivity index (χ0) is 17.1. The number of pyridine rings is 1. The van der Waals surface area contributed by atoms with Gasteiger partial charge in [-0.3, -0.25) is 9.59 Å². The van der Waals surface area contributed by atoms with Crippen LogP contribution in [0.5, 0.6) is 0 Å². The summed E-state index contributed by atoms with van der Waals surface area (Å²) in [6, 6.07) is 17.5. The van der Waals surface area contributed by atoms with E-state index in [-0.39, 0.29) is 17.5 Å². The fraction of sp³-hybridized carbons (Fsp3) is 0.200. The predicted molar refractivity (Wildman–Crippen MR) is 96.3 cm³/mol. The number of carbonyl (C=O) groups is 1. The average Bonchev–Trinajstić information content (AvgIpc) is 2.57. The van der Waals surface area contributed by atoms with Crippen molar-refractivity contribution >= 4 is 16.7 Å². The van der Waals surface area contributed by atoms with Gasteiger partial charge in [0, 0.05) is 25.4 Å². The van der Waals surface area contributed by atoms with Crippen LogP contribution in [0.4, 0.5) is 0 Å². The minimum absolute atomic E-state index is 0.00380. The van der Waals surface area contributed by atoms with Gasteiger partial charge < -0.3 is 9.88 Å². The van der Waals surface area contributed by atoms with Crippen LogP contribution in [0.2, 0.25) is 0 Å². The Morgan fingerprint density at radius 1 is 1.08 bits per heavy atom. The zero-order valence-electron chi connectivity index (χ0n) is 13.8. The second-order valence-corrected chi connectivity index (χ2v) is 6.13. The molecule has 1 unspecified atom stereocenters. The summed E-state index contributed by atoms with van der Waals surface area (Å²) in [6.45, 7) is 1.98. The van der Waals surface area contributed by atoms with E-state index in [1.165, 1.54) is 27.0 Å². The van der Waals surface area contributed by atoms with E-state index in [2.05, 4.69) is 35.6 Å². The summed E-state index contributed by atoms with van der Waals surface area (Å²) in [6.07, 6.45) is 2.31. The van der Waals surface area contributed by atoms with Gasteiger partial charge in [-0.15, -0.1) is 0 Å². The van der Waals surface area contributed by atoms with Crippen LogP contribution >= 0.6 is 0 Å². The first kappa shape index (κ1) is 16.0. The van der Waals surface area contributed by atoms with E-state index in [0.29, 0.717) is 5.56 Å². The molecule has 0 spiro atoms. The lowest BCUT2D eigenvalue weighted by molar-refractivity contribution is 0.0939. The number of benzene rings is 2. The van der Waals surface area contributed by atoms with Crippen molar-refractivity contribution in [2.75, 3.05) is 0 Å². The Balaban J connectivity index is 1.69. The molecule has 122 valence electrons. The Hall–Kier alpha value is -2.88.